The van der Waals surface area contributed by atoms with Gasteiger partial charge in [-0.05, 0) is 65.8 Å². The van der Waals surface area contributed by atoms with Gasteiger partial charge < -0.3 is 36.8 Å². The number of ether oxygens (including phenoxy) is 1. The van der Waals surface area contributed by atoms with Gasteiger partial charge in [0.05, 0.1) is 19.1 Å². The Bertz CT molecular complexity index is 1250. The van der Waals surface area contributed by atoms with Gasteiger partial charge >= 0.3 is 12.0 Å². The highest BCUT2D eigenvalue weighted by Gasteiger charge is 2.52. The maximum atomic E-state index is 13.6. The Morgan fingerprint density at radius 3 is 2.38 bits per heavy atom. The fourth-order valence-corrected chi connectivity index (χ4v) is 5.21. The van der Waals surface area contributed by atoms with Gasteiger partial charge in [-0.1, -0.05) is 31.2 Å². The minimum atomic E-state index is -1.41. The van der Waals surface area contributed by atoms with Crippen molar-refractivity contribution in [2.45, 2.75) is 57.2 Å². The number of benzene rings is 1. The van der Waals surface area contributed by atoms with Crippen LogP contribution in [0.4, 0.5) is 10.5 Å². The number of aliphatic hydroxyl groups excluding tert-OH is 1. The summed E-state index contributed by atoms with van der Waals surface area (Å²) in [5.41, 5.74) is 5.56. The van der Waals surface area contributed by atoms with Crippen LogP contribution in [0.25, 0.3) is 0 Å². The molecule has 5 amide bonds. The van der Waals surface area contributed by atoms with Crippen LogP contribution in [-0.2, 0) is 30.5 Å². The number of esters is 1. The van der Waals surface area contributed by atoms with Crippen LogP contribution >= 0.6 is 11.3 Å². The molecular weight excluding hydrogens is 562 g/mol. The molecule has 0 saturated heterocycles. The fourth-order valence-electron chi connectivity index (χ4n) is 4.49. The lowest BCUT2D eigenvalue weighted by Gasteiger charge is -2.40. The predicted octanol–water partition coefficient (Wildman–Crippen LogP) is 2.26. The number of anilines is 1. The molecule has 12 nitrogen and oxygen atoms in total. The first-order chi connectivity index (χ1) is 20.2. The van der Waals surface area contributed by atoms with Gasteiger partial charge in [-0.3, -0.25) is 19.2 Å². The zero-order valence-corrected chi connectivity index (χ0v) is 24.0. The Labute approximate surface area is 248 Å². The van der Waals surface area contributed by atoms with Crippen molar-refractivity contribution in [2.75, 3.05) is 18.5 Å². The summed E-state index contributed by atoms with van der Waals surface area (Å²) in [5, 5.41) is 23.7. The summed E-state index contributed by atoms with van der Waals surface area (Å²) in [5.74, 6) is -2.15. The van der Waals surface area contributed by atoms with Gasteiger partial charge in [0.15, 0.2) is 0 Å². The number of carbonyl (C=O) groups excluding carboxylic acids is 5. The molecule has 1 aliphatic rings. The molecule has 0 aliphatic heterocycles. The summed E-state index contributed by atoms with van der Waals surface area (Å²) in [4.78, 5) is 63.9. The standard InChI is InChI=1S/C29H37N5O7S/c1-2-14-41-24(36)16-23(20-10-15-42-18-20)34-27(39)29(11-4-12-29)26(38)33-22(5-3-13-31-28(30)40)25(37)32-21-8-6-19(17-35)7-9-21/h2,6-10,15,18,22-23,35H,1,3-5,11-14,16-17H2,(H,32,37)(H,33,38)(H,34,39)(H3,30,31,40)/t22-,23-/m0/s1. The van der Waals surface area contributed by atoms with E-state index in [2.05, 4.69) is 27.8 Å². The zero-order valence-electron chi connectivity index (χ0n) is 23.2. The number of carbonyl (C=O) groups is 5. The van der Waals surface area contributed by atoms with Crippen LogP contribution in [0.5, 0.6) is 0 Å². The molecule has 7 N–H and O–H groups in total. The monoisotopic (exact) mass is 599 g/mol. The van der Waals surface area contributed by atoms with E-state index in [4.69, 9.17) is 10.5 Å². The van der Waals surface area contributed by atoms with Crippen LogP contribution in [0.1, 0.15) is 55.7 Å². The van der Waals surface area contributed by atoms with E-state index >= 15 is 0 Å². The van der Waals surface area contributed by atoms with Gasteiger partial charge in [-0.2, -0.15) is 11.3 Å². The molecule has 0 unspecified atom stereocenters. The molecule has 0 bridgehead atoms. The SMILES string of the molecule is C=CCOC(=O)C[C@H](NC(=O)C1(C(=O)N[C@@H](CCCNC(N)=O)C(=O)Nc2ccc(CO)cc2)CCC1)c1ccsc1. The van der Waals surface area contributed by atoms with Crippen molar-refractivity contribution in [2.24, 2.45) is 11.1 Å². The normalized spacial score (nSPS) is 14.8. The Kier molecular flexibility index (Phi) is 12.1. The second-order valence-electron chi connectivity index (χ2n) is 10.00. The molecule has 2 aromatic rings. The highest BCUT2D eigenvalue weighted by Crippen LogP contribution is 2.42. The first-order valence-electron chi connectivity index (χ1n) is 13.6. The number of nitrogens with two attached hydrogens (primary N) is 1. The molecule has 0 spiro atoms. The maximum absolute atomic E-state index is 13.6. The maximum Gasteiger partial charge on any atom is 0.312 e. The predicted molar refractivity (Wildman–Crippen MR) is 157 cm³/mol. The number of amides is 5. The first-order valence-corrected chi connectivity index (χ1v) is 14.6. The fraction of sp³-hybridized carbons (Fsp3) is 0.414. The zero-order chi connectivity index (χ0) is 30.5. The third-order valence-corrected chi connectivity index (χ3v) is 7.76. The van der Waals surface area contributed by atoms with E-state index in [1.807, 2.05) is 10.8 Å². The molecule has 0 radical (unpaired) electrons. The summed E-state index contributed by atoms with van der Waals surface area (Å²) in [6.07, 6.45) is 3.02. The molecule has 1 heterocycles. The number of aliphatic hydroxyl groups is 1. The molecule has 1 aromatic carbocycles. The molecule has 1 aromatic heterocycles. The van der Waals surface area contributed by atoms with Crippen molar-refractivity contribution in [3.63, 3.8) is 0 Å². The van der Waals surface area contributed by atoms with Crippen LogP contribution < -0.4 is 27.0 Å². The average molecular weight is 600 g/mol. The van der Waals surface area contributed by atoms with Gasteiger partial charge in [0.2, 0.25) is 17.7 Å². The Hall–Kier alpha value is -4.23. The molecule has 1 fully saturated rings. The minimum Gasteiger partial charge on any atom is -0.461 e. The van der Waals surface area contributed by atoms with Gasteiger partial charge in [0.25, 0.3) is 0 Å². The number of thiophene rings is 1. The largest absolute Gasteiger partial charge is 0.461 e. The summed E-state index contributed by atoms with van der Waals surface area (Å²) in [6.45, 7) is 3.61. The summed E-state index contributed by atoms with van der Waals surface area (Å²) in [7, 11) is 0. The van der Waals surface area contributed by atoms with Crippen LogP contribution in [0, 0.1) is 5.41 Å². The van der Waals surface area contributed by atoms with Gasteiger partial charge in [-0.15, -0.1) is 0 Å². The Balaban J connectivity index is 1.73. The summed E-state index contributed by atoms with van der Waals surface area (Å²) in [6, 6.07) is 5.93. The van der Waals surface area contributed by atoms with E-state index in [0.29, 0.717) is 29.7 Å². The molecular formula is C29H37N5O7S. The number of hydrogen-bond donors (Lipinski definition) is 6. The molecule has 13 heteroatoms. The van der Waals surface area contributed by atoms with E-state index in [0.717, 1.165) is 0 Å². The molecule has 226 valence electrons. The molecule has 3 rings (SSSR count). The number of nitrogens with one attached hydrogen (secondary N) is 4. The number of hydrogen-bond acceptors (Lipinski definition) is 8. The Morgan fingerprint density at radius 2 is 1.81 bits per heavy atom. The second-order valence-corrected chi connectivity index (χ2v) is 10.8. The summed E-state index contributed by atoms with van der Waals surface area (Å²) >= 11 is 1.41. The average Bonchev–Trinajstić information content (AvgIpc) is 3.48. The smallest absolute Gasteiger partial charge is 0.312 e. The van der Waals surface area contributed by atoms with Crippen molar-refractivity contribution in [1.29, 1.82) is 0 Å². The van der Waals surface area contributed by atoms with Crippen molar-refractivity contribution < 1.29 is 33.8 Å². The lowest BCUT2D eigenvalue weighted by atomic mass is 9.67. The Morgan fingerprint density at radius 1 is 1.10 bits per heavy atom. The minimum absolute atomic E-state index is 0.0411. The van der Waals surface area contributed by atoms with Crippen LogP contribution in [-0.4, -0.2) is 54.0 Å². The van der Waals surface area contributed by atoms with Crippen LogP contribution in [0.15, 0.2) is 53.7 Å². The van der Waals surface area contributed by atoms with E-state index in [9.17, 15) is 29.1 Å². The molecule has 42 heavy (non-hydrogen) atoms. The van der Waals surface area contributed by atoms with Crippen molar-refractivity contribution >= 4 is 46.7 Å². The van der Waals surface area contributed by atoms with Crippen LogP contribution in [0.3, 0.4) is 0 Å². The van der Waals surface area contributed by atoms with Gasteiger partial charge in [0, 0.05) is 12.2 Å². The van der Waals surface area contributed by atoms with E-state index in [-0.39, 0.29) is 45.4 Å². The first kappa shape index (κ1) is 32.3. The van der Waals surface area contributed by atoms with E-state index in [1.165, 1.54) is 17.4 Å². The quantitative estimate of drug-likeness (QED) is 0.0738. The van der Waals surface area contributed by atoms with E-state index < -0.39 is 47.2 Å². The molecule has 1 aliphatic carbocycles. The highest BCUT2D eigenvalue weighted by atomic mass is 32.1. The van der Waals surface area contributed by atoms with Crippen molar-refractivity contribution in [3.05, 3.63) is 64.9 Å². The number of urea groups is 1. The highest BCUT2D eigenvalue weighted by molar-refractivity contribution is 7.08. The van der Waals surface area contributed by atoms with Gasteiger partial charge in [-0.25, -0.2) is 4.79 Å². The summed E-state index contributed by atoms with van der Waals surface area (Å²) < 4.78 is 5.10. The molecule has 1 saturated carbocycles. The van der Waals surface area contributed by atoms with Crippen LogP contribution in [0.2, 0.25) is 0 Å². The molecule has 2 atom stereocenters. The third kappa shape index (κ3) is 8.88. The third-order valence-electron chi connectivity index (χ3n) is 7.05. The lowest BCUT2D eigenvalue weighted by Crippen LogP contribution is -2.59. The van der Waals surface area contributed by atoms with Gasteiger partial charge in [0.1, 0.15) is 18.1 Å². The van der Waals surface area contributed by atoms with Crippen molar-refractivity contribution in [3.8, 4) is 0 Å². The lowest BCUT2D eigenvalue weighted by molar-refractivity contribution is -0.151. The van der Waals surface area contributed by atoms with E-state index in [1.54, 1.807) is 30.3 Å². The second kappa shape index (κ2) is 15.7. The van der Waals surface area contributed by atoms with Crippen molar-refractivity contribution in [1.82, 2.24) is 16.0 Å². The topological polar surface area (TPSA) is 189 Å². The number of rotatable bonds is 16. The number of primary amides is 1.